The predicted octanol–water partition coefficient (Wildman–Crippen LogP) is 3.99. The molecule has 0 unspecified atom stereocenters. The summed E-state index contributed by atoms with van der Waals surface area (Å²) in [6.45, 7) is 0. The molecule has 0 aliphatic rings. The lowest BCUT2D eigenvalue weighted by molar-refractivity contribution is 0.0697. The summed E-state index contributed by atoms with van der Waals surface area (Å²) >= 11 is 5.77. The van der Waals surface area contributed by atoms with Crippen molar-refractivity contribution in [3.05, 3.63) is 52.6 Å². The number of hydrogen-bond acceptors (Lipinski definition) is 2. The summed E-state index contributed by atoms with van der Waals surface area (Å²) in [5.41, 5.74) is -0.453. The summed E-state index contributed by atoms with van der Waals surface area (Å²) in [7, 11) is 1.29. The van der Waals surface area contributed by atoms with E-state index in [9.17, 15) is 13.6 Å². The van der Waals surface area contributed by atoms with Gasteiger partial charge in [0.05, 0.1) is 18.2 Å². The van der Waals surface area contributed by atoms with Crippen LogP contribution >= 0.6 is 11.6 Å². The van der Waals surface area contributed by atoms with E-state index in [2.05, 4.69) is 0 Å². The molecule has 0 radical (unpaired) electrons. The first-order chi connectivity index (χ1) is 9.42. The molecule has 1 N–H and O–H groups in total. The first-order valence-corrected chi connectivity index (χ1v) is 5.87. The predicted molar refractivity (Wildman–Crippen MR) is 70.3 cm³/mol. The molecule has 0 atom stereocenters. The third-order valence-electron chi connectivity index (χ3n) is 2.68. The van der Waals surface area contributed by atoms with Crippen molar-refractivity contribution in [3.8, 4) is 16.9 Å². The highest BCUT2D eigenvalue weighted by atomic mass is 35.5. The van der Waals surface area contributed by atoms with E-state index >= 15 is 0 Å². The monoisotopic (exact) mass is 298 g/mol. The number of ether oxygens (including phenoxy) is 1. The Bertz CT molecular complexity index is 663. The Morgan fingerprint density at radius 1 is 1.15 bits per heavy atom. The highest BCUT2D eigenvalue weighted by Crippen LogP contribution is 2.32. The van der Waals surface area contributed by atoms with Crippen LogP contribution in [0.25, 0.3) is 11.1 Å². The number of methoxy groups -OCH3 is 1. The first-order valence-electron chi connectivity index (χ1n) is 5.49. The van der Waals surface area contributed by atoms with Gasteiger partial charge in [-0.2, -0.15) is 0 Å². The Hall–Kier alpha value is -2.14. The van der Waals surface area contributed by atoms with E-state index in [1.165, 1.54) is 19.2 Å². The Labute approximate surface area is 118 Å². The lowest BCUT2D eigenvalue weighted by atomic mass is 10.0. The zero-order valence-electron chi connectivity index (χ0n) is 10.3. The Balaban J connectivity index is 2.65. The van der Waals surface area contributed by atoms with Crippen molar-refractivity contribution in [1.82, 2.24) is 0 Å². The van der Waals surface area contributed by atoms with Gasteiger partial charge in [-0.3, -0.25) is 0 Å². The third kappa shape index (κ3) is 2.72. The van der Waals surface area contributed by atoms with E-state index in [4.69, 9.17) is 21.4 Å². The molecule has 2 aromatic carbocycles. The first kappa shape index (κ1) is 14.3. The zero-order chi connectivity index (χ0) is 14.9. The Kier molecular flexibility index (Phi) is 3.90. The molecule has 0 bridgehead atoms. The van der Waals surface area contributed by atoms with Gasteiger partial charge in [-0.05, 0) is 23.8 Å². The second-order valence-corrected chi connectivity index (χ2v) is 4.44. The summed E-state index contributed by atoms with van der Waals surface area (Å²) in [4.78, 5) is 10.9. The normalized spacial score (nSPS) is 10.4. The van der Waals surface area contributed by atoms with Gasteiger partial charge < -0.3 is 9.84 Å². The summed E-state index contributed by atoms with van der Waals surface area (Å²) in [5.74, 6) is -2.92. The van der Waals surface area contributed by atoms with Gasteiger partial charge in [-0.15, -0.1) is 0 Å². The van der Waals surface area contributed by atoms with Gasteiger partial charge in [0.25, 0.3) is 0 Å². The minimum absolute atomic E-state index is 0.0317. The number of benzene rings is 2. The third-order valence-corrected chi connectivity index (χ3v) is 2.90. The van der Waals surface area contributed by atoms with Crippen LogP contribution in [0.3, 0.4) is 0 Å². The average Bonchev–Trinajstić information content (AvgIpc) is 2.37. The van der Waals surface area contributed by atoms with Crippen LogP contribution in [0, 0.1) is 11.6 Å². The fourth-order valence-electron chi connectivity index (χ4n) is 1.80. The van der Waals surface area contributed by atoms with E-state index in [0.29, 0.717) is 0 Å². The molecule has 0 aliphatic carbocycles. The van der Waals surface area contributed by atoms with Crippen molar-refractivity contribution in [1.29, 1.82) is 0 Å². The number of carboxylic acids is 1. The van der Waals surface area contributed by atoms with Crippen LogP contribution < -0.4 is 4.74 Å². The van der Waals surface area contributed by atoms with Gasteiger partial charge in [-0.1, -0.05) is 11.6 Å². The number of halogens is 3. The number of rotatable bonds is 3. The SMILES string of the molecule is COc1cc(F)c(-c2cc(Cl)cc(C(=O)O)c2)c(F)c1. The van der Waals surface area contributed by atoms with Crippen LogP contribution in [-0.2, 0) is 0 Å². The van der Waals surface area contributed by atoms with Gasteiger partial charge in [0.15, 0.2) is 0 Å². The van der Waals surface area contributed by atoms with Crippen molar-refractivity contribution in [3.63, 3.8) is 0 Å². The van der Waals surface area contributed by atoms with E-state index in [1.54, 1.807) is 0 Å². The Morgan fingerprint density at radius 2 is 1.75 bits per heavy atom. The molecule has 0 saturated heterocycles. The standard InChI is InChI=1S/C14H9ClF2O3/c1-20-10-5-11(16)13(12(17)6-10)7-2-8(14(18)19)4-9(15)3-7/h2-6H,1H3,(H,18,19). The summed E-state index contributed by atoms with van der Waals surface area (Å²) < 4.78 is 32.6. The number of carboxylic acid groups (broad SMARTS) is 1. The van der Waals surface area contributed by atoms with Crippen LogP contribution in [0.1, 0.15) is 10.4 Å². The molecule has 0 fully saturated rings. The van der Waals surface area contributed by atoms with Crippen molar-refractivity contribution >= 4 is 17.6 Å². The van der Waals surface area contributed by atoms with Crippen LogP contribution in [0.15, 0.2) is 30.3 Å². The Morgan fingerprint density at radius 3 is 2.25 bits per heavy atom. The van der Waals surface area contributed by atoms with E-state index in [1.807, 2.05) is 0 Å². The largest absolute Gasteiger partial charge is 0.497 e. The molecule has 2 rings (SSSR count). The van der Waals surface area contributed by atoms with Crippen LogP contribution in [-0.4, -0.2) is 18.2 Å². The van der Waals surface area contributed by atoms with Crippen molar-refractivity contribution < 1.29 is 23.4 Å². The minimum Gasteiger partial charge on any atom is -0.497 e. The number of carbonyl (C=O) groups is 1. The highest BCUT2D eigenvalue weighted by molar-refractivity contribution is 6.31. The maximum Gasteiger partial charge on any atom is 0.335 e. The van der Waals surface area contributed by atoms with Crippen LogP contribution in [0.5, 0.6) is 5.75 Å². The molecule has 0 spiro atoms. The summed E-state index contributed by atoms with van der Waals surface area (Å²) in [5, 5.41) is 9.01. The van der Waals surface area contributed by atoms with Crippen LogP contribution in [0.4, 0.5) is 8.78 Å². The average molecular weight is 299 g/mol. The van der Waals surface area contributed by atoms with Crippen LogP contribution in [0.2, 0.25) is 5.02 Å². The minimum atomic E-state index is -1.23. The smallest absolute Gasteiger partial charge is 0.335 e. The maximum atomic E-state index is 13.9. The fraction of sp³-hybridized carbons (Fsp3) is 0.0714. The fourth-order valence-corrected chi connectivity index (χ4v) is 2.04. The molecule has 2 aromatic rings. The maximum absolute atomic E-state index is 13.9. The van der Waals surface area contributed by atoms with Gasteiger partial charge >= 0.3 is 5.97 Å². The van der Waals surface area contributed by atoms with Gasteiger partial charge in [-0.25, -0.2) is 13.6 Å². The number of aromatic carboxylic acids is 1. The molecular formula is C14H9ClF2O3. The zero-order valence-corrected chi connectivity index (χ0v) is 11.0. The second-order valence-electron chi connectivity index (χ2n) is 4.00. The van der Waals surface area contributed by atoms with Crippen molar-refractivity contribution in [2.45, 2.75) is 0 Å². The van der Waals surface area contributed by atoms with E-state index in [0.717, 1.165) is 18.2 Å². The van der Waals surface area contributed by atoms with Crippen molar-refractivity contribution in [2.75, 3.05) is 7.11 Å². The topological polar surface area (TPSA) is 46.5 Å². The van der Waals surface area contributed by atoms with Crippen molar-refractivity contribution in [2.24, 2.45) is 0 Å². The van der Waals surface area contributed by atoms with Gasteiger partial charge in [0.1, 0.15) is 17.4 Å². The molecule has 0 amide bonds. The van der Waals surface area contributed by atoms with Gasteiger partial charge in [0.2, 0.25) is 0 Å². The molecular weight excluding hydrogens is 290 g/mol. The number of hydrogen-bond donors (Lipinski definition) is 1. The molecule has 20 heavy (non-hydrogen) atoms. The van der Waals surface area contributed by atoms with E-state index < -0.39 is 17.6 Å². The molecule has 3 nitrogen and oxygen atoms in total. The molecule has 0 saturated carbocycles. The molecule has 6 heteroatoms. The summed E-state index contributed by atoms with van der Waals surface area (Å²) in [6, 6.07) is 5.68. The summed E-state index contributed by atoms with van der Waals surface area (Å²) in [6.07, 6.45) is 0. The van der Waals surface area contributed by atoms with E-state index in [-0.39, 0.29) is 27.5 Å². The molecule has 0 aromatic heterocycles. The lowest BCUT2D eigenvalue weighted by Gasteiger charge is -2.09. The molecule has 0 aliphatic heterocycles. The second kappa shape index (κ2) is 5.46. The molecule has 0 heterocycles. The quantitative estimate of drug-likeness (QED) is 0.932. The van der Waals surface area contributed by atoms with Gasteiger partial charge in [0, 0.05) is 17.2 Å². The highest BCUT2D eigenvalue weighted by Gasteiger charge is 2.16. The molecule has 104 valence electrons. The lowest BCUT2D eigenvalue weighted by Crippen LogP contribution is -1.98.